The summed E-state index contributed by atoms with van der Waals surface area (Å²) in [5, 5.41) is 13.9. The van der Waals surface area contributed by atoms with Gasteiger partial charge >= 0.3 is 5.97 Å². The number of benzene rings is 2. The highest BCUT2D eigenvalue weighted by atomic mass is 35.5. The Morgan fingerprint density at radius 2 is 1.82 bits per heavy atom. The van der Waals surface area contributed by atoms with Crippen molar-refractivity contribution in [3.63, 3.8) is 0 Å². The van der Waals surface area contributed by atoms with Crippen LogP contribution in [0.5, 0.6) is 5.75 Å². The molecule has 10 heteroatoms. The maximum absolute atomic E-state index is 11.4. The summed E-state index contributed by atoms with van der Waals surface area (Å²) in [6.07, 6.45) is 1.77. The first kappa shape index (κ1) is 27.6. The van der Waals surface area contributed by atoms with Crippen molar-refractivity contribution >= 4 is 40.6 Å². The fraction of sp³-hybridized carbons (Fsp3) is 0.233. The van der Waals surface area contributed by atoms with E-state index in [4.69, 9.17) is 33.3 Å². The number of carbonyl (C=O) groups is 1. The smallest absolute Gasteiger partial charge is 0.335 e. The second kappa shape index (κ2) is 11.7. The number of aromatic nitrogens is 2. The number of anilines is 1. The summed E-state index contributed by atoms with van der Waals surface area (Å²) in [5.41, 5.74) is 5.87. The molecular weight excluding hydrogens is 548 g/mol. The van der Waals surface area contributed by atoms with Crippen LogP contribution in [0.2, 0.25) is 5.02 Å². The topological polar surface area (TPSA) is 88.9 Å². The molecule has 40 heavy (non-hydrogen) atoms. The van der Waals surface area contributed by atoms with E-state index in [9.17, 15) is 9.90 Å². The van der Waals surface area contributed by atoms with Crippen molar-refractivity contribution < 1.29 is 19.4 Å². The van der Waals surface area contributed by atoms with E-state index in [0.717, 1.165) is 34.0 Å². The number of methoxy groups -OCH3 is 1. The number of carboxylic acids is 1. The molecule has 0 amide bonds. The van der Waals surface area contributed by atoms with Crippen molar-refractivity contribution in [2.75, 3.05) is 25.2 Å². The third-order valence-electron chi connectivity index (χ3n) is 7.00. The first-order valence-electron chi connectivity index (χ1n) is 12.7. The number of aryl methyl sites for hydroxylation is 1. The van der Waals surface area contributed by atoms with Gasteiger partial charge in [-0.15, -0.1) is 0 Å². The summed E-state index contributed by atoms with van der Waals surface area (Å²) in [7, 11) is 1.62. The van der Waals surface area contributed by atoms with Crippen LogP contribution in [0.1, 0.15) is 45.1 Å². The number of rotatable bonds is 9. The number of ether oxygens (including phenoxy) is 2. The minimum atomic E-state index is -0.957. The molecule has 0 unspecified atom stereocenters. The predicted molar refractivity (Wildman–Crippen MR) is 159 cm³/mol. The quantitative estimate of drug-likeness (QED) is 0.184. The van der Waals surface area contributed by atoms with E-state index in [0.29, 0.717) is 29.1 Å². The molecule has 8 nitrogen and oxygen atoms in total. The Labute approximate surface area is 243 Å². The van der Waals surface area contributed by atoms with Gasteiger partial charge < -0.3 is 29.4 Å². The molecule has 1 fully saturated rings. The molecule has 0 saturated carbocycles. The number of thiocarbonyl (C=S) groups is 1. The molecular formula is C30H29ClN4O4S. The summed E-state index contributed by atoms with van der Waals surface area (Å²) in [6.45, 7) is 4.94. The number of nitrogens with one attached hydrogen (secondary N) is 1. The van der Waals surface area contributed by atoms with E-state index >= 15 is 0 Å². The molecule has 1 aliphatic rings. The molecule has 4 aromatic rings. The molecule has 0 bridgehead atoms. The first-order valence-corrected chi connectivity index (χ1v) is 13.5. The van der Waals surface area contributed by atoms with E-state index < -0.39 is 5.97 Å². The van der Waals surface area contributed by atoms with Gasteiger partial charge in [-0.2, -0.15) is 0 Å². The standard InChI is InChI=1S/C30H29ClN4O4S/c1-18-16-23(19(2)34(18)21-9-7-20(8-10-21)29(36)37)28-27(25-6-4-5-13-32-25)33-30(40)35(28)22-11-12-26(24(31)17-22)39-15-14-38-3/h4-13,16-17,27-28H,14-15H2,1-3H3,(H,33,40)(H,36,37)/t27-,28+/m0/s1. The molecule has 2 atom stereocenters. The van der Waals surface area contributed by atoms with E-state index in [1.807, 2.05) is 55.5 Å². The van der Waals surface area contributed by atoms with Crippen molar-refractivity contribution in [1.29, 1.82) is 0 Å². The zero-order valence-corrected chi connectivity index (χ0v) is 23.9. The van der Waals surface area contributed by atoms with Crippen LogP contribution < -0.4 is 15.0 Å². The second-order valence-electron chi connectivity index (χ2n) is 9.47. The van der Waals surface area contributed by atoms with E-state index in [1.54, 1.807) is 25.4 Å². The Morgan fingerprint density at radius 3 is 2.48 bits per heavy atom. The van der Waals surface area contributed by atoms with Gasteiger partial charge in [-0.25, -0.2) is 4.79 Å². The highest BCUT2D eigenvalue weighted by molar-refractivity contribution is 7.80. The van der Waals surface area contributed by atoms with Gasteiger partial charge in [-0.05, 0) is 92.3 Å². The summed E-state index contributed by atoms with van der Waals surface area (Å²) in [4.78, 5) is 18.1. The van der Waals surface area contributed by atoms with Gasteiger partial charge in [0.1, 0.15) is 12.4 Å². The Kier molecular flexibility index (Phi) is 8.07. The Bertz CT molecular complexity index is 1540. The lowest BCUT2D eigenvalue weighted by Gasteiger charge is -2.28. The fourth-order valence-electron chi connectivity index (χ4n) is 5.18. The lowest BCUT2D eigenvalue weighted by molar-refractivity contribution is 0.0697. The highest BCUT2D eigenvalue weighted by Crippen LogP contribution is 2.45. The number of aromatic carboxylic acids is 1. The van der Waals surface area contributed by atoms with Crippen molar-refractivity contribution in [2.45, 2.75) is 25.9 Å². The van der Waals surface area contributed by atoms with Crippen LogP contribution in [0.15, 0.2) is 72.9 Å². The lowest BCUT2D eigenvalue weighted by atomic mass is 9.96. The van der Waals surface area contributed by atoms with Crippen LogP contribution in [0, 0.1) is 13.8 Å². The summed E-state index contributed by atoms with van der Waals surface area (Å²) < 4.78 is 13.0. The predicted octanol–water partition coefficient (Wildman–Crippen LogP) is 6.04. The number of nitrogens with zero attached hydrogens (tertiary/aromatic N) is 3. The van der Waals surface area contributed by atoms with Crippen molar-refractivity contribution in [2.24, 2.45) is 0 Å². The van der Waals surface area contributed by atoms with Crippen molar-refractivity contribution in [3.8, 4) is 11.4 Å². The molecule has 2 aromatic carbocycles. The number of hydrogen-bond acceptors (Lipinski definition) is 5. The zero-order valence-electron chi connectivity index (χ0n) is 22.3. The van der Waals surface area contributed by atoms with Gasteiger partial charge in [0.25, 0.3) is 0 Å². The molecule has 1 saturated heterocycles. The molecule has 2 aromatic heterocycles. The molecule has 5 rings (SSSR count). The van der Waals surface area contributed by atoms with Crippen molar-refractivity contribution in [1.82, 2.24) is 14.9 Å². The van der Waals surface area contributed by atoms with Crippen LogP contribution in [0.4, 0.5) is 5.69 Å². The second-order valence-corrected chi connectivity index (χ2v) is 10.3. The fourth-order valence-corrected chi connectivity index (χ4v) is 5.75. The van der Waals surface area contributed by atoms with Gasteiger partial charge in [-0.3, -0.25) is 4.98 Å². The average molecular weight is 577 g/mol. The van der Waals surface area contributed by atoms with Gasteiger partial charge in [0.05, 0.1) is 35.0 Å². The van der Waals surface area contributed by atoms with Crippen LogP contribution >= 0.6 is 23.8 Å². The van der Waals surface area contributed by atoms with Crippen LogP contribution in [-0.2, 0) is 4.74 Å². The maximum atomic E-state index is 11.4. The number of halogens is 1. The molecule has 206 valence electrons. The van der Waals surface area contributed by atoms with E-state index in [1.165, 1.54) is 0 Å². The molecule has 0 radical (unpaired) electrons. The van der Waals surface area contributed by atoms with Crippen LogP contribution in [0.3, 0.4) is 0 Å². The normalized spacial score (nSPS) is 16.7. The summed E-state index contributed by atoms with van der Waals surface area (Å²) in [6, 6.07) is 20.0. The van der Waals surface area contributed by atoms with E-state index in [-0.39, 0.29) is 17.6 Å². The third kappa shape index (κ3) is 5.28. The molecule has 0 spiro atoms. The largest absolute Gasteiger partial charge is 0.490 e. The van der Waals surface area contributed by atoms with Gasteiger partial charge in [0.2, 0.25) is 0 Å². The molecule has 2 N–H and O–H groups in total. The lowest BCUT2D eigenvalue weighted by Crippen LogP contribution is -2.29. The maximum Gasteiger partial charge on any atom is 0.335 e. The van der Waals surface area contributed by atoms with Gasteiger partial charge in [0, 0.05) is 36.1 Å². The number of hydrogen-bond donors (Lipinski definition) is 2. The highest BCUT2D eigenvalue weighted by Gasteiger charge is 2.42. The molecule has 3 heterocycles. The van der Waals surface area contributed by atoms with Gasteiger partial charge in [-0.1, -0.05) is 17.7 Å². The minimum Gasteiger partial charge on any atom is -0.490 e. The summed E-state index contributed by atoms with van der Waals surface area (Å²) >= 11 is 12.5. The SMILES string of the molecule is COCCOc1ccc(N2C(=S)N[C@@H](c3ccccn3)[C@H]2c2cc(C)n(-c3ccc(C(=O)O)cc3)c2C)cc1Cl. The average Bonchev–Trinajstić information content (AvgIpc) is 3.44. The Hall–Kier alpha value is -3.92. The van der Waals surface area contributed by atoms with Gasteiger partial charge in [0.15, 0.2) is 5.11 Å². The first-order chi connectivity index (χ1) is 19.3. The van der Waals surface area contributed by atoms with Crippen molar-refractivity contribution in [3.05, 3.63) is 106 Å². The number of pyridine rings is 1. The zero-order chi connectivity index (χ0) is 28.4. The Morgan fingerprint density at radius 1 is 1.07 bits per heavy atom. The number of carboxylic acid groups (broad SMARTS) is 1. The minimum absolute atomic E-state index is 0.228. The van der Waals surface area contributed by atoms with E-state index in [2.05, 4.69) is 32.8 Å². The Balaban J connectivity index is 1.59. The summed E-state index contributed by atoms with van der Waals surface area (Å²) in [5.74, 6) is -0.386. The third-order valence-corrected chi connectivity index (χ3v) is 7.61. The van der Waals surface area contributed by atoms with Crippen LogP contribution in [-0.4, -0.2) is 46.1 Å². The molecule has 1 aliphatic heterocycles. The monoisotopic (exact) mass is 576 g/mol. The molecule has 0 aliphatic carbocycles. The van der Waals surface area contributed by atoms with Crippen LogP contribution in [0.25, 0.3) is 5.69 Å².